The van der Waals surface area contributed by atoms with Crippen LogP contribution in [0.3, 0.4) is 0 Å². The van der Waals surface area contributed by atoms with Crippen molar-refractivity contribution in [3.8, 4) is 0 Å². The number of halogens is 1. The van der Waals surface area contributed by atoms with Crippen LogP contribution in [0.25, 0.3) is 0 Å². The number of aliphatic hydroxyl groups is 2. The SMILES string of the molecule is C/C1=C/C[C@]2(C)C(=O)C(O)=C([C@H](C)CO)[C@H]2C/C=C(/C)[C@@H]2CC[C@@](C)(O2)[C@@H](Cl)CC1. The lowest BCUT2D eigenvalue weighted by atomic mass is 9.70. The minimum Gasteiger partial charge on any atom is -0.504 e. The molecule has 30 heavy (non-hydrogen) atoms. The average Bonchev–Trinajstić information content (AvgIpc) is 3.21. The molecule has 0 aromatic carbocycles. The largest absolute Gasteiger partial charge is 0.504 e. The molecule has 5 heteroatoms. The first-order valence-corrected chi connectivity index (χ1v) is 11.7. The summed E-state index contributed by atoms with van der Waals surface area (Å²) in [6, 6.07) is 0. The van der Waals surface area contributed by atoms with Crippen molar-refractivity contribution in [3.05, 3.63) is 34.6 Å². The second-order valence-electron chi connectivity index (χ2n) is 10.1. The van der Waals surface area contributed by atoms with Crippen LogP contribution in [-0.2, 0) is 9.53 Å². The highest BCUT2D eigenvalue weighted by Gasteiger charge is 2.51. The van der Waals surface area contributed by atoms with Gasteiger partial charge in [-0.1, -0.05) is 31.6 Å². The second-order valence-corrected chi connectivity index (χ2v) is 10.6. The third-order valence-corrected chi connectivity index (χ3v) is 8.46. The van der Waals surface area contributed by atoms with Gasteiger partial charge in [-0.05, 0) is 70.4 Å². The fourth-order valence-electron chi connectivity index (χ4n) is 5.36. The molecule has 3 aliphatic rings. The first kappa shape index (κ1) is 23.6. The van der Waals surface area contributed by atoms with E-state index in [4.69, 9.17) is 16.3 Å². The lowest BCUT2D eigenvalue weighted by Crippen LogP contribution is -2.36. The molecule has 168 valence electrons. The normalized spacial score (nSPS) is 42.8. The van der Waals surface area contributed by atoms with Gasteiger partial charge in [-0.15, -0.1) is 11.6 Å². The number of hydrogen-bond donors (Lipinski definition) is 2. The maximum atomic E-state index is 13.2. The van der Waals surface area contributed by atoms with Crippen molar-refractivity contribution in [2.45, 2.75) is 90.2 Å². The number of ketones is 1. The van der Waals surface area contributed by atoms with Gasteiger partial charge in [-0.25, -0.2) is 0 Å². The number of carbonyl (C=O) groups is 1. The van der Waals surface area contributed by atoms with Crippen molar-refractivity contribution in [1.82, 2.24) is 0 Å². The van der Waals surface area contributed by atoms with E-state index in [2.05, 4.69) is 32.9 Å². The van der Waals surface area contributed by atoms with Crippen LogP contribution >= 0.6 is 11.6 Å². The van der Waals surface area contributed by atoms with Gasteiger partial charge in [0.25, 0.3) is 0 Å². The Morgan fingerprint density at radius 3 is 2.63 bits per heavy atom. The van der Waals surface area contributed by atoms with E-state index in [1.165, 1.54) is 5.57 Å². The van der Waals surface area contributed by atoms with Gasteiger partial charge in [0.15, 0.2) is 5.76 Å². The molecule has 0 amide bonds. The van der Waals surface area contributed by atoms with Crippen LogP contribution in [0.1, 0.15) is 73.1 Å². The zero-order valence-corrected chi connectivity index (χ0v) is 19.8. The van der Waals surface area contributed by atoms with Crippen molar-refractivity contribution >= 4 is 17.4 Å². The lowest BCUT2D eigenvalue weighted by molar-refractivity contribution is -0.126. The highest BCUT2D eigenvalue weighted by Crippen LogP contribution is 2.51. The van der Waals surface area contributed by atoms with Crippen LogP contribution < -0.4 is 0 Å². The molecule has 2 heterocycles. The third-order valence-electron chi connectivity index (χ3n) is 7.78. The van der Waals surface area contributed by atoms with Crippen molar-refractivity contribution in [3.63, 3.8) is 0 Å². The molecule has 1 fully saturated rings. The summed E-state index contributed by atoms with van der Waals surface area (Å²) in [7, 11) is 0. The standard InChI is InChI=1S/C25H37ClO4/c1-15-6-9-20(26)25(5)13-11-19(30-25)16(2)7-8-18-21(17(3)14-27)22(28)23(29)24(18,4)12-10-15/h7,10,17-20,27-28H,6,8-9,11-14H2,1-5H3/b15-10-,16-7-/t17-,18-,19+,20+,24+,25-/m1/s1. The van der Waals surface area contributed by atoms with Gasteiger partial charge in [-0.3, -0.25) is 4.79 Å². The molecule has 6 atom stereocenters. The summed E-state index contributed by atoms with van der Waals surface area (Å²) in [6.45, 7) is 10.0. The van der Waals surface area contributed by atoms with Crippen molar-refractivity contribution in [1.29, 1.82) is 0 Å². The molecule has 2 N–H and O–H groups in total. The van der Waals surface area contributed by atoms with Crippen LogP contribution in [0.15, 0.2) is 34.6 Å². The lowest BCUT2D eigenvalue weighted by Gasteiger charge is -2.33. The molecule has 0 saturated carbocycles. The maximum Gasteiger partial charge on any atom is 0.203 e. The zero-order chi connectivity index (χ0) is 22.3. The fourth-order valence-corrected chi connectivity index (χ4v) is 5.63. The number of rotatable bonds is 2. The van der Waals surface area contributed by atoms with Gasteiger partial charge < -0.3 is 14.9 Å². The van der Waals surface area contributed by atoms with Gasteiger partial charge in [0.05, 0.1) is 17.1 Å². The molecule has 0 radical (unpaired) electrons. The maximum absolute atomic E-state index is 13.2. The van der Waals surface area contributed by atoms with Crippen LogP contribution in [-0.4, -0.2) is 39.7 Å². The molecule has 0 aromatic rings. The first-order valence-electron chi connectivity index (χ1n) is 11.3. The Hall–Kier alpha value is -1.10. The van der Waals surface area contributed by atoms with E-state index in [-0.39, 0.29) is 47.1 Å². The first-order chi connectivity index (χ1) is 14.0. The van der Waals surface area contributed by atoms with Gasteiger partial charge in [0, 0.05) is 23.9 Å². The number of carbonyl (C=O) groups excluding carboxylic acids is 1. The Kier molecular flexibility index (Phi) is 6.91. The Morgan fingerprint density at radius 1 is 1.27 bits per heavy atom. The van der Waals surface area contributed by atoms with Crippen molar-refractivity contribution in [2.24, 2.45) is 17.3 Å². The van der Waals surface area contributed by atoms with E-state index < -0.39 is 5.41 Å². The summed E-state index contributed by atoms with van der Waals surface area (Å²) in [5.41, 5.74) is 2.03. The molecule has 1 aliphatic carbocycles. The predicted molar refractivity (Wildman–Crippen MR) is 121 cm³/mol. The van der Waals surface area contributed by atoms with Crippen molar-refractivity contribution in [2.75, 3.05) is 6.61 Å². The van der Waals surface area contributed by atoms with Crippen LogP contribution in [0.2, 0.25) is 0 Å². The topological polar surface area (TPSA) is 66.8 Å². The zero-order valence-electron chi connectivity index (χ0n) is 19.0. The third kappa shape index (κ3) is 4.16. The molecule has 2 aliphatic heterocycles. The van der Waals surface area contributed by atoms with E-state index in [0.717, 1.165) is 31.3 Å². The van der Waals surface area contributed by atoms with Crippen LogP contribution in [0.5, 0.6) is 0 Å². The molecule has 0 unspecified atom stereocenters. The number of Topliss-reactive ketones (excluding diaryl/α,β-unsaturated/α-hetero) is 1. The van der Waals surface area contributed by atoms with Gasteiger partial charge in [0.2, 0.25) is 5.78 Å². The summed E-state index contributed by atoms with van der Waals surface area (Å²) in [5, 5.41) is 20.4. The van der Waals surface area contributed by atoms with E-state index in [1.807, 2.05) is 13.8 Å². The van der Waals surface area contributed by atoms with Gasteiger partial charge in [-0.2, -0.15) is 0 Å². The van der Waals surface area contributed by atoms with Crippen LogP contribution in [0.4, 0.5) is 0 Å². The Bertz CT molecular complexity index is 782. The number of alkyl halides is 1. The summed E-state index contributed by atoms with van der Waals surface area (Å²) in [4.78, 5) is 13.2. The number of ether oxygens (including phenoxy) is 1. The summed E-state index contributed by atoms with van der Waals surface area (Å²) in [6.07, 6.45) is 9.14. The molecule has 1 saturated heterocycles. The fraction of sp³-hybridized carbons (Fsp3) is 0.720. The summed E-state index contributed by atoms with van der Waals surface area (Å²) >= 11 is 6.77. The molecule has 0 spiro atoms. The number of hydrogen-bond acceptors (Lipinski definition) is 4. The summed E-state index contributed by atoms with van der Waals surface area (Å²) in [5.74, 6) is -0.731. The summed E-state index contributed by atoms with van der Waals surface area (Å²) < 4.78 is 6.44. The monoisotopic (exact) mass is 436 g/mol. The number of aliphatic hydroxyl groups excluding tert-OH is 2. The Labute approximate surface area is 186 Å². The van der Waals surface area contributed by atoms with E-state index in [0.29, 0.717) is 18.4 Å². The molecular formula is C25H37ClO4. The average molecular weight is 437 g/mol. The molecule has 4 nitrogen and oxygen atoms in total. The number of fused-ring (bicyclic) bond motifs is 3. The van der Waals surface area contributed by atoms with E-state index >= 15 is 0 Å². The molecule has 2 bridgehead atoms. The van der Waals surface area contributed by atoms with E-state index in [1.54, 1.807) is 0 Å². The molecule has 0 aromatic heterocycles. The highest BCUT2D eigenvalue weighted by molar-refractivity contribution is 6.21. The highest BCUT2D eigenvalue weighted by atomic mass is 35.5. The second kappa shape index (κ2) is 8.80. The van der Waals surface area contributed by atoms with Gasteiger partial charge in [0.1, 0.15) is 0 Å². The van der Waals surface area contributed by atoms with Gasteiger partial charge >= 0.3 is 0 Å². The predicted octanol–water partition coefficient (Wildman–Crippen LogP) is 5.64. The minimum absolute atomic E-state index is 0.0375. The molecular weight excluding hydrogens is 400 g/mol. The Morgan fingerprint density at radius 2 is 1.97 bits per heavy atom. The molecule has 3 rings (SSSR count). The smallest absolute Gasteiger partial charge is 0.203 e. The van der Waals surface area contributed by atoms with E-state index in [9.17, 15) is 15.0 Å². The minimum atomic E-state index is -0.712. The van der Waals surface area contributed by atoms with Crippen LogP contribution in [0, 0.1) is 17.3 Å². The number of allylic oxidation sites excluding steroid dienone is 4. The Balaban J connectivity index is 2.01. The van der Waals surface area contributed by atoms with Crippen molar-refractivity contribution < 1.29 is 19.7 Å². The quantitative estimate of drug-likeness (QED) is 0.434.